The molecule has 0 bridgehead atoms. The Balaban J connectivity index is 1.27. The van der Waals surface area contributed by atoms with E-state index in [1.165, 1.54) is 0 Å². The summed E-state index contributed by atoms with van der Waals surface area (Å²) in [5.41, 5.74) is 3.90. The zero-order valence-electron chi connectivity index (χ0n) is 34.0. The Kier molecular flexibility index (Phi) is 11.5. The fraction of sp³-hybridized carbons (Fsp3) is 0.269. The Bertz CT molecular complexity index is 2250. The van der Waals surface area contributed by atoms with E-state index in [-0.39, 0.29) is 0 Å². The molecule has 2 aliphatic rings. The predicted octanol–water partition coefficient (Wildman–Crippen LogP) is 12.7. The Morgan fingerprint density at radius 3 is 1.34 bits per heavy atom. The summed E-state index contributed by atoms with van der Waals surface area (Å²) >= 11 is 0. The Labute approximate surface area is 342 Å². The van der Waals surface area contributed by atoms with Gasteiger partial charge in [0.15, 0.2) is 11.2 Å². The van der Waals surface area contributed by atoms with Gasteiger partial charge >= 0.3 is 0 Å². The van der Waals surface area contributed by atoms with Crippen LogP contribution in [0.1, 0.15) is 86.8 Å². The summed E-state index contributed by atoms with van der Waals surface area (Å²) in [5, 5.41) is 2.15. The maximum atomic E-state index is 7.31. The Morgan fingerprint density at radius 2 is 0.931 bits per heavy atom. The molecule has 0 aliphatic carbocycles. The molecule has 0 saturated heterocycles. The normalized spacial score (nSPS) is 17.8. The van der Waals surface area contributed by atoms with Gasteiger partial charge in [-0.25, -0.2) is 0 Å². The lowest BCUT2D eigenvalue weighted by molar-refractivity contribution is 0.154. The van der Waals surface area contributed by atoms with Crippen LogP contribution in [0.5, 0.6) is 34.5 Å². The highest BCUT2D eigenvalue weighted by atomic mass is 16.5. The monoisotopic (exact) mass is 772 g/mol. The molecule has 2 aliphatic heterocycles. The van der Waals surface area contributed by atoms with Gasteiger partial charge in [0.05, 0.1) is 26.4 Å². The van der Waals surface area contributed by atoms with E-state index in [2.05, 4.69) is 123 Å². The third-order valence-electron chi connectivity index (χ3n) is 10.9. The van der Waals surface area contributed by atoms with Crippen LogP contribution in [0.15, 0.2) is 133 Å². The first-order valence-corrected chi connectivity index (χ1v) is 20.8. The summed E-state index contributed by atoms with van der Waals surface area (Å²) in [5.74, 6) is 4.56. The van der Waals surface area contributed by atoms with Crippen LogP contribution in [-0.2, 0) is 11.2 Å². The Hall–Kier alpha value is -6.14. The number of hydrogen-bond donors (Lipinski definition) is 0. The number of rotatable bonds is 16. The number of hydrogen-bond acceptors (Lipinski definition) is 6. The van der Waals surface area contributed by atoms with Crippen molar-refractivity contribution in [1.82, 2.24) is 0 Å². The van der Waals surface area contributed by atoms with Gasteiger partial charge in [0, 0.05) is 50.9 Å². The largest absolute Gasteiger partial charge is 0.494 e. The van der Waals surface area contributed by atoms with Crippen molar-refractivity contribution in [3.05, 3.63) is 167 Å². The highest BCUT2D eigenvalue weighted by molar-refractivity contribution is 6.02. The maximum Gasteiger partial charge on any atom is 0.181 e. The minimum absolute atomic E-state index is 0.567. The van der Waals surface area contributed by atoms with Crippen LogP contribution in [0, 0.1) is 0 Å². The summed E-state index contributed by atoms with van der Waals surface area (Å²) in [6.07, 6.45) is 12.7. The van der Waals surface area contributed by atoms with E-state index >= 15 is 0 Å². The van der Waals surface area contributed by atoms with Crippen molar-refractivity contribution in [2.24, 2.45) is 0 Å². The van der Waals surface area contributed by atoms with Crippen LogP contribution in [0.25, 0.3) is 22.9 Å². The molecule has 0 spiro atoms. The molecule has 0 saturated carbocycles. The smallest absolute Gasteiger partial charge is 0.181 e. The first kappa shape index (κ1) is 38.7. The fourth-order valence-electron chi connectivity index (χ4n) is 8.07. The second-order valence-corrected chi connectivity index (χ2v) is 14.7. The molecule has 6 aromatic carbocycles. The summed E-state index contributed by atoms with van der Waals surface area (Å²) < 4.78 is 39.5. The number of ether oxygens (including phenoxy) is 6. The number of benzene rings is 6. The van der Waals surface area contributed by atoms with Gasteiger partial charge in [-0.3, -0.25) is 0 Å². The lowest BCUT2D eigenvalue weighted by Crippen LogP contribution is -2.35. The molecule has 0 N–H and O–H groups in total. The van der Waals surface area contributed by atoms with Crippen molar-refractivity contribution in [2.75, 3.05) is 26.4 Å². The zero-order valence-corrected chi connectivity index (χ0v) is 34.0. The average molecular weight is 773 g/mol. The molecule has 0 aromatic heterocycles. The van der Waals surface area contributed by atoms with E-state index < -0.39 is 11.2 Å². The molecule has 0 fully saturated rings. The van der Waals surface area contributed by atoms with Gasteiger partial charge in [-0.15, -0.1) is 0 Å². The van der Waals surface area contributed by atoms with Crippen molar-refractivity contribution in [1.29, 1.82) is 0 Å². The van der Waals surface area contributed by atoms with Crippen LogP contribution in [0.4, 0.5) is 0 Å². The van der Waals surface area contributed by atoms with Gasteiger partial charge in [0.25, 0.3) is 0 Å². The van der Waals surface area contributed by atoms with Crippen molar-refractivity contribution >= 4 is 22.9 Å². The predicted molar refractivity (Wildman–Crippen MR) is 234 cm³/mol. The molecule has 6 aromatic rings. The van der Waals surface area contributed by atoms with Gasteiger partial charge < -0.3 is 28.4 Å². The summed E-state index contributed by atoms with van der Waals surface area (Å²) in [7, 11) is 0. The summed E-state index contributed by atoms with van der Waals surface area (Å²) in [4.78, 5) is 0. The first-order chi connectivity index (χ1) is 28.5. The molecule has 6 nitrogen and oxygen atoms in total. The van der Waals surface area contributed by atoms with Gasteiger partial charge in [0.1, 0.15) is 34.5 Å². The first-order valence-electron chi connectivity index (χ1n) is 20.8. The Morgan fingerprint density at radius 1 is 0.483 bits per heavy atom. The molecule has 2 unspecified atom stereocenters. The van der Waals surface area contributed by atoms with E-state index in [1.807, 2.05) is 50.2 Å². The van der Waals surface area contributed by atoms with Crippen LogP contribution < -0.4 is 28.4 Å². The van der Waals surface area contributed by atoms with E-state index in [0.29, 0.717) is 26.4 Å². The molecule has 6 heteroatoms. The number of fused-ring (bicyclic) bond motifs is 5. The quantitative estimate of drug-likeness (QED) is 0.0913. The van der Waals surface area contributed by atoms with Crippen LogP contribution in [0.2, 0.25) is 0 Å². The van der Waals surface area contributed by atoms with E-state index in [9.17, 15) is 0 Å². The highest BCUT2D eigenvalue weighted by Crippen LogP contribution is 2.51. The van der Waals surface area contributed by atoms with Crippen molar-refractivity contribution in [3.63, 3.8) is 0 Å². The number of unbranched alkanes of at least 4 members (excludes halogenated alkanes) is 2. The molecule has 2 heterocycles. The van der Waals surface area contributed by atoms with Crippen LogP contribution >= 0.6 is 0 Å². The molecule has 0 radical (unpaired) electrons. The summed E-state index contributed by atoms with van der Waals surface area (Å²) in [6.45, 7) is 10.7. The van der Waals surface area contributed by atoms with Gasteiger partial charge in [-0.2, -0.15) is 0 Å². The average Bonchev–Trinajstić information content (AvgIpc) is 3.27. The van der Waals surface area contributed by atoms with Crippen molar-refractivity contribution < 1.29 is 28.4 Å². The van der Waals surface area contributed by atoms with Crippen LogP contribution in [0.3, 0.4) is 0 Å². The minimum atomic E-state index is -0.959. The van der Waals surface area contributed by atoms with Crippen LogP contribution in [-0.4, -0.2) is 26.4 Å². The fourth-order valence-corrected chi connectivity index (χ4v) is 8.07. The van der Waals surface area contributed by atoms with Gasteiger partial charge in [0.2, 0.25) is 0 Å². The molecule has 58 heavy (non-hydrogen) atoms. The minimum Gasteiger partial charge on any atom is -0.494 e. The van der Waals surface area contributed by atoms with E-state index in [4.69, 9.17) is 28.4 Å². The highest BCUT2D eigenvalue weighted by Gasteiger charge is 2.42. The third kappa shape index (κ3) is 7.28. The lowest BCUT2D eigenvalue weighted by Gasteiger charge is -2.38. The van der Waals surface area contributed by atoms with Gasteiger partial charge in [-0.1, -0.05) is 99.5 Å². The molecular formula is C52H52O6. The van der Waals surface area contributed by atoms with Crippen molar-refractivity contribution in [3.8, 4) is 34.5 Å². The van der Waals surface area contributed by atoms with Gasteiger partial charge in [-0.05, 0) is 92.8 Å². The molecule has 2 atom stereocenters. The van der Waals surface area contributed by atoms with E-state index in [1.54, 1.807) is 0 Å². The van der Waals surface area contributed by atoms with Crippen molar-refractivity contribution in [2.45, 2.75) is 64.6 Å². The zero-order chi connectivity index (χ0) is 40.0. The lowest BCUT2D eigenvalue weighted by atomic mass is 9.81. The standard InChI is InChI=1S/C52H52O6/c1-5-9-33-55-48-35-40(53-7-3)23-25-44(48)51(38-17-13-11-14-18-38)31-29-42-46(57-51)27-21-37-22-28-47-43(50(37)42)30-32-52(58-47,39-19-15-12-16-20-39)45-26-24-41(54-8-4)36-49(45)56-34-10-6-2/h11-32,35-36H,5-10,33-34H2,1-4H3. The second kappa shape index (κ2) is 17.2. The third-order valence-corrected chi connectivity index (χ3v) is 10.9. The molecular weight excluding hydrogens is 721 g/mol. The molecule has 296 valence electrons. The second-order valence-electron chi connectivity index (χ2n) is 14.7. The van der Waals surface area contributed by atoms with E-state index in [0.717, 1.165) is 104 Å². The maximum absolute atomic E-state index is 7.31. The molecule has 0 amide bonds. The molecule has 8 rings (SSSR count). The SMILES string of the molecule is CCCCOc1cc(OCC)ccc1C1(c2ccccc2)C=Cc2c(ccc3ccc4c(c23)C=CC(c2ccccc2)(c2ccc(OCC)cc2OCCCC)O4)O1. The topological polar surface area (TPSA) is 55.4 Å². The summed E-state index contributed by atoms with van der Waals surface area (Å²) in [6, 6.07) is 41.3.